The van der Waals surface area contributed by atoms with E-state index < -0.39 is 12.1 Å². The van der Waals surface area contributed by atoms with Crippen LogP contribution in [0.3, 0.4) is 0 Å². The summed E-state index contributed by atoms with van der Waals surface area (Å²) >= 11 is 0. The van der Waals surface area contributed by atoms with E-state index >= 15 is 0 Å². The number of guanidine groups is 1. The van der Waals surface area contributed by atoms with E-state index in [2.05, 4.69) is 15.6 Å². The number of amides is 2. The summed E-state index contributed by atoms with van der Waals surface area (Å²) < 4.78 is 38.6. The molecule has 2 fully saturated rings. The lowest BCUT2D eigenvalue weighted by atomic mass is 9.85. The van der Waals surface area contributed by atoms with E-state index in [4.69, 9.17) is 0 Å². The highest BCUT2D eigenvalue weighted by Gasteiger charge is 2.42. The van der Waals surface area contributed by atoms with E-state index in [-0.39, 0.29) is 61.2 Å². The second-order valence-corrected chi connectivity index (χ2v) is 6.54. The van der Waals surface area contributed by atoms with Gasteiger partial charge in [-0.15, -0.1) is 24.0 Å². The first kappa shape index (κ1) is 23.0. The van der Waals surface area contributed by atoms with Gasteiger partial charge in [-0.1, -0.05) is 6.42 Å². The van der Waals surface area contributed by atoms with Gasteiger partial charge in [0.25, 0.3) is 0 Å². The summed E-state index contributed by atoms with van der Waals surface area (Å²) in [6.45, 7) is 0.542. The molecule has 2 atom stereocenters. The van der Waals surface area contributed by atoms with Gasteiger partial charge in [-0.3, -0.25) is 19.5 Å². The molecule has 1 saturated carbocycles. The molecule has 2 unspecified atom stereocenters. The molecule has 0 radical (unpaired) electrons. The van der Waals surface area contributed by atoms with Gasteiger partial charge in [0, 0.05) is 39.0 Å². The SMILES string of the molecule is CN=C(NCCN1C(=O)CCCC1=O)NC1CCCC(C(F)(F)F)C1.I. The van der Waals surface area contributed by atoms with Crippen LogP contribution in [0.5, 0.6) is 0 Å². The summed E-state index contributed by atoms with van der Waals surface area (Å²) in [7, 11) is 1.54. The minimum atomic E-state index is -4.16. The fourth-order valence-electron chi connectivity index (χ4n) is 3.34. The van der Waals surface area contributed by atoms with Gasteiger partial charge in [-0.25, -0.2) is 0 Å². The summed E-state index contributed by atoms with van der Waals surface area (Å²) in [5.41, 5.74) is 0. The standard InChI is InChI=1S/C16H25F3N4O2.HI/c1-20-15(21-8-9-23-13(24)6-3-7-14(23)25)22-12-5-2-4-11(10-12)16(17,18)19;/h11-12H,2-10H2,1H3,(H2,20,21,22);1H. The average Bonchev–Trinajstić information content (AvgIpc) is 2.56. The van der Waals surface area contributed by atoms with Gasteiger partial charge in [0.05, 0.1) is 5.92 Å². The zero-order chi connectivity index (χ0) is 18.4. The molecule has 0 aromatic rings. The van der Waals surface area contributed by atoms with Gasteiger partial charge in [0.1, 0.15) is 0 Å². The number of carbonyl (C=O) groups excluding carboxylic acids is 2. The Balaban J connectivity index is 0.00000338. The first-order chi connectivity index (χ1) is 11.8. The van der Waals surface area contributed by atoms with Crippen molar-refractivity contribution in [1.82, 2.24) is 15.5 Å². The molecule has 2 aliphatic rings. The van der Waals surface area contributed by atoms with Gasteiger partial charge in [-0.05, 0) is 25.7 Å². The molecule has 6 nitrogen and oxygen atoms in total. The molecule has 2 N–H and O–H groups in total. The molecule has 26 heavy (non-hydrogen) atoms. The largest absolute Gasteiger partial charge is 0.391 e. The molecule has 0 aromatic heterocycles. The Kier molecular flexibility index (Phi) is 9.11. The van der Waals surface area contributed by atoms with E-state index in [1.54, 1.807) is 0 Å². The lowest BCUT2D eigenvalue weighted by molar-refractivity contribution is -0.183. The van der Waals surface area contributed by atoms with Crippen molar-refractivity contribution in [3.8, 4) is 0 Å². The topological polar surface area (TPSA) is 73.8 Å². The third-order valence-corrected chi connectivity index (χ3v) is 4.71. The number of nitrogens with one attached hydrogen (secondary N) is 2. The minimum Gasteiger partial charge on any atom is -0.355 e. The van der Waals surface area contributed by atoms with Gasteiger partial charge >= 0.3 is 6.18 Å². The number of nitrogens with zero attached hydrogens (tertiary/aromatic N) is 2. The van der Waals surface area contributed by atoms with Gasteiger partial charge in [0.2, 0.25) is 11.8 Å². The van der Waals surface area contributed by atoms with Crippen LogP contribution in [0.2, 0.25) is 0 Å². The fraction of sp³-hybridized carbons (Fsp3) is 0.812. The van der Waals surface area contributed by atoms with E-state index in [1.807, 2.05) is 0 Å². The van der Waals surface area contributed by atoms with Crippen molar-refractivity contribution in [2.45, 2.75) is 57.2 Å². The summed E-state index contributed by atoms with van der Waals surface area (Å²) in [4.78, 5) is 28.7. The highest BCUT2D eigenvalue weighted by atomic mass is 127. The molecule has 0 aromatic carbocycles. The average molecular weight is 490 g/mol. The van der Waals surface area contributed by atoms with Crippen molar-refractivity contribution < 1.29 is 22.8 Å². The molecule has 1 heterocycles. The van der Waals surface area contributed by atoms with Gasteiger partial charge in [0.15, 0.2) is 5.96 Å². The van der Waals surface area contributed by atoms with Crippen LogP contribution >= 0.6 is 24.0 Å². The molecule has 1 saturated heterocycles. The van der Waals surface area contributed by atoms with Crippen LogP contribution in [0.25, 0.3) is 0 Å². The van der Waals surface area contributed by atoms with Crippen molar-refractivity contribution in [2.24, 2.45) is 10.9 Å². The molecule has 2 amide bonds. The Hall–Kier alpha value is -1.07. The number of piperidine rings is 1. The number of hydrogen-bond acceptors (Lipinski definition) is 3. The predicted molar refractivity (Wildman–Crippen MR) is 102 cm³/mol. The number of likely N-dealkylation sites (tertiary alicyclic amines) is 1. The maximum Gasteiger partial charge on any atom is 0.391 e. The highest BCUT2D eigenvalue weighted by Crippen LogP contribution is 2.37. The van der Waals surface area contributed by atoms with Crippen molar-refractivity contribution in [3.05, 3.63) is 0 Å². The van der Waals surface area contributed by atoms with Crippen molar-refractivity contribution >= 4 is 41.8 Å². The lowest BCUT2D eigenvalue weighted by Gasteiger charge is -2.32. The van der Waals surface area contributed by atoms with Crippen LogP contribution in [0.4, 0.5) is 13.2 Å². The minimum absolute atomic E-state index is 0. The Morgan fingerprint density at radius 3 is 2.42 bits per heavy atom. The fourth-order valence-corrected chi connectivity index (χ4v) is 3.34. The predicted octanol–water partition coefficient (Wildman–Crippen LogP) is 2.43. The summed E-state index contributed by atoms with van der Waals surface area (Å²) in [6, 6.07) is -0.287. The van der Waals surface area contributed by atoms with E-state index in [0.717, 1.165) is 0 Å². The first-order valence-electron chi connectivity index (χ1n) is 8.68. The Morgan fingerprint density at radius 2 is 1.85 bits per heavy atom. The molecule has 150 valence electrons. The van der Waals surface area contributed by atoms with Crippen LogP contribution < -0.4 is 10.6 Å². The Morgan fingerprint density at radius 1 is 1.19 bits per heavy atom. The normalized spacial score (nSPS) is 24.9. The third kappa shape index (κ3) is 6.58. The van der Waals surface area contributed by atoms with E-state index in [0.29, 0.717) is 44.6 Å². The number of rotatable bonds is 4. The second kappa shape index (κ2) is 10.3. The van der Waals surface area contributed by atoms with E-state index in [9.17, 15) is 22.8 Å². The quantitative estimate of drug-likeness (QED) is 0.275. The smallest absolute Gasteiger partial charge is 0.355 e. The maximum absolute atomic E-state index is 12.9. The number of imide groups is 1. The van der Waals surface area contributed by atoms with Crippen LogP contribution in [-0.4, -0.2) is 55.0 Å². The van der Waals surface area contributed by atoms with Crippen LogP contribution in [-0.2, 0) is 9.59 Å². The number of hydrogen-bond donors (Lipinski definition) is 2. The Bertz CT molecular complexity index is 512. The Labute approximate surface area is 168 Å². The van der Waals surface area contributed by atoms with Crippen LogP contribution in [0, 0.1) is 5.92 Å². The van der Waals surface area contributed by atoms with Crippen LogP contribution in [0.1, 0.15) is 44.9 Å². The molecular formula is C16H26F3IN4O2. The monoisotopic (exact) mass is 490 g/mol. The van der Waals surface area contributed by atoms with Crippen LogP contribution in [0.15, 0.2) is 4.99 Å². The summed E-state index contributed by atoms with van der Waals surface area (Å²) in [6.07, 6.45) is -1.43. The second-order valence-electron chi connectivity index (χ2n) is 6.54. The number of halogens is 4. The number of alkyl halides is 3. The molecule has 1 aliphatic heterocycles. The van der Waals surface area contributed by atoms with Gasteiger partial charge < -0.3 is 10.6 Å². The van der Waals surface area contributed by atoms with Crippen molar-refractivity contribution in [2.75, 3.05) is 20.1 Å². The van der Waals surface area contributed by atoms with E-state index in [1.165, 1.54) is 11.9 Å². The highest BCUT2D eigenvalue weighted by molar-refractivity contribution is 14.0. The van der Waals surface area contributed by atoms with Crippen molar-refractivity contribution in [3.63, 3.8) is 0 Å². The first-order valence-corrected chi connectivity index (χ1v) is 8.68. The molecular weight excluding hydrogens is 464 g/mol. The summed E-state index contributed by atoms with van der Waals surface area (Å²) in [5, 5.41) is 5.99. The zero-order valence-electron chi connectivity index (χ0n) is 14.8. The molecule has 10 heteroatoms. The number of aliphatic imine (C=N–C) groups is 1. The summed E-state index contributed by atoms with van der Waals surface area (Å²) in [5.74, 6) is -1.24. The van der Waals surface area contributed by atoms with Crippen molar-refractivity contribution in [1.29, 1.82) is 0 Å². The lowest BCUT2D eigenvalue weighted by Crippen LogP contribution is -2.49. The van der Waals surface area contributed by atoms with Gasteiger partial charge in [-0.2, -0.15) is 13.2 Å². The molecule has 0 bridgehead atoms. The third-order valence-electron chi connectivity index (χ3n) is 4.71. The number of carbonyl (C=O) groups is 2. The molecule has 0 spiro atoms. The molecule has 1 aliphatic carbocycles. The zero-order valence-corrected chi connectivity index (χ0v) is 17.1. The molecule has 2 rings (SSSR count). The maximum atomic E-state index is 12.9.